The van der Waals surface area contributed by atoms with Crippen LogP contribution in [0.3, 0.4) is 0 Å². The van der Waals surface area contributed by atoms with Crippen LogP contribution in [0.25, 0.3) is 6.08 Å². The number of halogens is 3. The van der Waals surface area contributed by atoms with Gasteiger partial charge < -0.3 is 9.47 Å². The minimum atomic E-state index is -0.0877. The van der Waals surface area contributed by atoms with Gasteiger partial charge in [-0.05, 0) is 58.8 Å². The predicted molar refractivity (Wildman–Crippen MR) is 127 cm³/mol. The van der Waals surface area contributed by atoms with Gasteiger partial charge in [-0.2, -0.15) is 0 Å². The van der Waals surface area contributed by atoms with Gasteiger partial charge in [0.2, 0.25) is 0 Å². The molecule has 0 bridgehead atoms. The summed E-state index contributed by atoms with van der Waals surface area (Å²) in [6, 6.07) is 8.91. The fourth-order valence-electron chi connectivity index (χ4n) is 2.68. The maximum absolute atomic E-state index is 12.4. The van der Waals surface area contributed by atoms with Crippen LogP contribution in [0.2, 0.25) is 10.0 Å². The number of rotatable bonds is 6. The third-order valence-electron chi connectivity index (χ3n) is 4.13. The van der Waals surface area contributed by atoms with Crippen molar-refractivity contribution in [3.63, 3.8) is 0 Å². The fraction of sp³-hybridized carbons (Fsp3) is 0.200. The average Bonchev–Trinajstić information content (AvgIpc) is 2.94. The summed E-state index contributed by atoms with van der Waals surface area (Å²) in [4.78, 5) is 14.6. The zero-order valence-corrected chi connectivity index (χ0v) is 20.2. The number of ether oxygens (including phenoxy) is 2. The molecule has 0 spiro atoms. The fourth-order valence-corrected chi connectivity index (χ4v) is 5.10. The monoisotopic (exact) mass is 531 g/mol. The lowest BCUT2D eigenvalue weighted by Crippen LogP contribution is -2.27. The smallest absolute Gasteiger partial charge is 0.266 e. The van der Waals surface area contributed by atoms with E-state index in [0.717, 1.165) is 11.1 Å². The number of thioether (sulfide) groups is 1. The summed E-state index contributed by atoms with van der Waals surface area (Å²) >= 11 is 22.2. The zero-order chi connectivity index (χ0) is 21.1. The van der Waals surface area contributed by atoms with Crippen molar-refractivity contribution in [3.05, 3.63) is 60.9 Å². The second-order valence-corrected chi connectivity index (χ2v) is 9.36. The van der Waals surface area contributed by atoms with Crippen molar-refractivity contribution in [2.45, 2.75) is 13.5 Å². The van der Waals surface area contributed by atoms with Gasteiger partial charge in [-0.25, -0.2) is 0 Å². The molecule has 0 aromatic heterocycles. The molecule has 0 saturated carbocycles. The molecule has 4 nitrogen and oxygen atoms in total. The number of thiocarbonyl (C=S) groups is 1. The number of benzene rings is 2. The van der Waals surface area contributed by atoms with Crippen LogP contribution < -0.4 is 9.47 Å². The van der Waals surface area contributed by atoms with Gasteiger partial charge in [0.15, 0.2) is 11.5 Å². The zero-order valence-electron chi connectivity index (χ0n) is 15.5. The number of methoxy groups -OCH3 is 1. The van der Waals surface area contributed by atoms with Crippen molar-refractivity contribution in [2.75, 3.05) is 13.7 Å². The van der Waals surface area contributed by atoms with E-state index in [4.69, 9.17) is 44.9 Å². The topological polar surface area (TPSA) is 38.8 Å². The van der Waals surface area contributed by atoms with Crippen LogP contribution in [0.1, 0.15) is 18.1 Å². The molecule has 1 heterocycles. The Morgan fingerprint density at radius 1 is 1.28 bits per heavy atom. The number of amides is 1. The molecule has 29 heavy (non-hydrogen) atoms. The number of carbonyl (C=O) groups is 1. The highest BCUT2D eigenvalue weighted by Gasteiger charge is 2.30. The molecule has 2 aromatic carbocycles. The maximum Gasteiger partial charge on any atom is 0.266 e. The van der Waals surface area contributed by atoms with Crippen LogP contribution in [0.4, 0.5) is 0 Å². The van der Waals surface area contributed by atoms with E-state index in [0.29, 0.717) is 41.8 Å². The predicted octanol–water partition coefficient (Wildman–Crippen LogP) is 6.56. The molecular weight excluding hydrogens is 517 g/mol. The number of nitrogens with zero attached hydrogens (tertiary/aromatic N) is 1. The van der Waals surface area contributed by atoms with Gasteiger partial charge in [-0.3, -0.25) is 9.69 Å². The Labute approximate surface area is 197 Å². The number of likely N-dealkylation sites (N-methyl/N-ethyl adjacent to an activating group) is 1. The van der Waals surface area contributed by atoms with Crippen LogP contribution >= 0.6 is 63.1 Å². The number of hydrogen-bond donors (Lipinski definition) is 0. The van der Waals surface area contributed by atoms with Gasteiger partial charge in [0.05, 0.1) is 16.5 Å². The quantitative estimate of drug-likeness (QED) is 0.311. The van der Waals surface area contributed by atoms with Gasteiger partial charge in [0.25, 0.3) is 5.91 Å². The maximum atomic E-state index is 12.4. The Balaban J connectivity index is 1.85. The van der Waals surface area contributed by atoms with E-state index < -0.39 is 0 Å². The van der Waals surface area contributed by atoms with E-state index >= 15 is 0 Å². The molecule has 2 aromatic rings. The van der Waals surface area contributed by atoms with Gasteiger partial charge >= 0.3 is 0 Å². The molecule has 0 N–H and O–H groups in total. The molecule has 0 atom stereocenters. The third-order valence-corrected chi connectivity index (χ3v) is 6.68. The van der Waals surface area contributed by atoms with Crippen molar-refractivity contribution >= 4 is 79.4 Å². The SMILES string of the molecule is CCN1C(=O)/C(=C\c2cc(Br)c(OCc3ccc(Cl)cc3Cl)c(OC)c2)SC1=S. The normalized spacial score (nSPS) is 15.3. The van der Waals surface area contributed by atoms with Gasteiger partial charge in [-0.1, -0.05) is 53.2 Å². The molecule has 3 rings (SSSR count). The van der Waals surface area contributed by atoms with Crippen molar-refractivity contribution < 1.29 is 14.3 Å². The van der Waals surface area contributed by atoms with Crippen molar-refractivity contribution in [1.29, 1.82) is 0 Å². The summed E-state index contributed by atoms with van der Waals surface area (Å²) in [6.07, 6.45) is 1.79. The lowest BCUT2D eigenvalue weighted by Gasteiger charge is -2.14. The summed E-state index contributed by atoms with van der Waals surface area (Å²) < 4.78 is 12.7. The number of hydrogen-bond acceptors (Lipinski definition) is 5. The average molecular weight is 533 g/mol. The van der Waals surface area contributed by atoms with Crippen LogP contribution in [0.15, 0.2) is 39.7 Å². The van der Waals surface area contributed by atoms with Crippen LogP contribution in [-0.4, -0.2) is 28.8 Å². The largest absolute Gasteiger partial charge is 0.493 e. The Kier molecular flexibility index (Phi) is 7.51. The summed E-state index contributed by atoms with van der Waals surface area (Å²) in [7, 11) is 1.56. The van der Waals surface area contributed by atoms with Crippen LogP contribution in [0.5, 0.6) is 11.5 Å². The first-order chi connectivity index (χ1) is 13.8. The molecule has 1 aliphatic heterocycles. The minimum Gasteiger partial charge on any atom is -0.493 e. The second kappa shape index (κ2) is 9.71. The highest BCUT2D eigenvalue weighted by Crippen LogP contribution is 2.39. The van der Waals surface area contributed by atoms with Gasteiger partial charge in [0.1, 0.15) is 10.9 Å². The van der Waals surface area contributed by atoms with Crippen LogP contribution in [-0.2, 0) is 11.4 Å². The molecule has 0 unspecified atom stereocenters. The van der Waals surface area contributed by atoms with Crippen molar-refractivity contribution in [1.82, 2.24) is 4.90 Å². The lowest BCUT2D eigenvalue weighted by molar-refractivity contribution is -0.121. The standard InChI is InChI=1S/C20H16BrCl2NO3S2/c1-3-24-19(25)17(29-20(24)28)8-11-6-14(21)18(16(7-11)26-2)27-10-12-4-5-13(22)9-15(12)23/h4-9H,3,10H2,1-2H3/b17-8+. The second-order valence-electron chi connectivity index (χ2n) is 5.98. The van der Waals surface area contributed by atoms with E-state index in [-0.39, 0.29) is 12.5 Å². The summed E-state index contributed by atoms with van der Waals surface area (Å²) in [6.45, 7) is 2.70. The summed E-state index contributed by atoms with van der Waals surface area (Å²) in [5.41, 5.74) is 1.60. The molecule has 152 valence electrons. The van der Waals surface area contributed by atoms with E-state index in [1.165, 1.54) is 11.8 Å². The molecule has 1 saturated heterocycles. The molecule has 1 aliphatic rings. The van der Waals surface area contributed by atoms with Crippen molar-refractivity contribution in [2.24, 2.45) is 0 Å². The molecule has 1 fully saturated rings. The van der Waals surface area contributed by atoms with E-state index in [1.807, 2.05) is 25.1 Å². The first-order valence-electron chi connectivity index (χ1n) is 8.53. The Hall–Kier alpha value is -1.25. The Morgan fingerprint density at radius 3 is 2.66 bits per heavy atom. The highest BCUT2D eigenvalue weighted by atomic mass is 79.9. The lowest BCUT2D eigenvalue weighted by atomic mass is 10.1. The molecule has 9 heteroatoms. The Morgan fingerprint density at radius 2 is 2.03 bits per heavy atom. The van der Waals surface area contributed by atoms with E-state index in [9.17, 15) is 4.79 Å². The first-order valence-corrected chi connectivity index (χ1v) is 11.3. The van der Waals surface area contributed by atoms with E-state index in [1.54, 1.807) is 30.2 Å². The van der Waals surface area contributed by atoms with E-state index in [2.05, 4.69) is 15.9 Å². The molecule has 0 aliphatic carbocycles. The Bertz CT molecular complexity index is 1010. The third kappa shape index (κ3) is 5.09. The first kappa shape index (κ1) is 22.4. The molecular formula is C20H16BrCl2NO3S2. The molecule has 1 amide bonds. The van der Waals surface area contributed by atoms with Gasteiger partial charge in [-0.15, -0.1) is 0 Å². The minimum absolute atomic E-state index is 0.0877. The summed E-state index contributed by atoms with van der Waals surface area (Å²) in [5, 5.41) is 1.09. The van der Waals surface area contributed by atoms with Gasteiger partial charge in [0, 0.05) is 22.2 Å². The highest BCUT2D eigenvalue weighted by molar-refractivity contribution is 9.10. The van der Waals surface area contributed by atoms with Crippen molar-refractivity contribution in [3.8, 4) is 11.5 Å². The molecule has 0 radical (unpaired) electrons. The number of carbonyl (C=O) groups excluding carboxylic acids is 1. The summed E-state index contributed by atoms with van der Waals surface area (Å²) in [5.74, 6) is 0.980. The van der Waals surface area contributed by atoms with Crippen LogP contribution in [0, 0.1) is 0 Å².